The highest BCUT2D eigenvalue weighted by molar-refractivity contribution is 5.72. The Hall–Kier alpha value is -0.900. The lowest BCUT2D eigenvalue weighted by atomic mass is 10.1. The van der Waals surface area contributed by atoms with Crippen LogP contribution in [0, 0.1) is 0 Å². The maximum absolute atomic E-state index is 10.6. The molecule has 4 nitrogen and oxygen atoms in total. The zero-order chi connectivity index (χ0) is 11.0. The molecule has 0 aromatic carbocycles. The van der Waals surface area contributed by atoms with E-state index in [2.05, 4.69) is 5.32 Å². The quantitative estimate of drug-likeness (QED) is 0.370. The second-order valence-corrected chi connectivity index (χ2v) is 3.65. The van der Waals surface area contributed by atoms with Gasteiger partial charge in [-0.2, -0.15) is 0 Å². The first-order valence-corrected chi connectivity index (χ1v) is 4.94. The van der Waals surface area contributed by atoms with Crippen LogP contribution in [-0.4, -0.2) is 43.8 Å². The van der Waals surface area contributed by atoms with E-state index in [1.54, 1.807) is 0 Å². The number of nitrogens with one attached hydrogen (secondary N) is 1. The largest absolute Gasteiger partial charge is 0.356 e. The number of rotatable bonds is 7. The maximum Gasteiger partial charge on any atom is 0.216 e. The molecule has 0 saturated carbocycles. The van der Waals surface area contributed by atoms with Crippen LogP contribution in [0.5, 0.6) is 0 Å². The molecule has 82 valence electrons. The molecule has 0 rings (SSSR count). The van der Waals surface area contributed by atoms with Crippen LogP contribution in [0.2, 0.25) is 0 Å². The molecule has 0 saturated heterocycles. The third kappa shape index (κ3) is 6.60. The molecule has 1 N–H and O–H groups in total. The fourth-order valence-corrected chi connectivity index (χ4v) is 1.19. The van der Waals surface area contributed by atoms with Gasteiger partial charge in [-0.05, 0) is 33.4 Å². The van der Waals surface area contributed by atoms with E-state index in [4.69, 9.17) is 0 Å². The van der Waals surface area contributed by atoms with E-state index in [0.717, 1.165) is 25.5 Å². The lowest BCUT2D eigenvalue weighted by Crippen LogP contribution is -2.29. The first-order valence-electron chi connectivity index (χ1n) is 4.94. The summed E-state index contributed by atoms with van der Waals surface area (Å²) in [5.41, 5.74) is 0. The first kappa shape index (κ1) is 13.1. The van der Waals surface area contributed by atoms with Gasteiger partial charge in [0.15, 0.2) is 0 Å². The van der Waals surface area contributed by atoms with E-state index in [0.29, 0.717) is 6.54 Å². The minimum atomic E-state index is 0.00421. The normalized spacial score (nSPS) is 12.6. The molecule has 0 bridgehead atoms. The average molecular weight is 202 g/mol. The monoisotopic (exact) mass is 202 g/mol. The Morgan fingerprint density at radius 3 is 2.50 bits per heavy atom. The van der Waals surface area contributed by atoms with Gasteiger partial charge in [0.05, 0.1) is 6.04 Å². The topological polar surface area (TPSA) is 49.4 Å². The number of unbranched alkanes of at least 4 members (excludes halogenated alkanes) is 1. The van der Waals surface area contributed by atoms with Crippen molar-refractivity contribution in [2.75, 3.05) is 20.6 Å². The second-order valence-electron chi connectivity index (χ2n) is 3.65. The SMILES string of the molecule is CN(C)C(C=O)CCCCN[13C]([13CH3])=O. The molecule has 4 heteroatoms. The predicted molar refractivity (Wildman–Crippen MR) is 56.1 cm³/mol. The summed E-state index contributed by atoms with van der Waals surface area (Å²) < 4.78 is 0. The number of likely N-dealkylation sites (N-methyl/N-ethyl adjacent to an activating group) is 1. The molecule has 0 aliphatic rings. The van der Waals surface area contributed by atoms with Crippen LogP contribution < -0.4 is 5.32 Å². The van der Waals surface area contributed by atoms with Gasteiger partial charge in [-0.1, -0.05) is 0 Å². The zero-order valence-corrected chi connectivity index (χ0v) is 9.25. The Morgan fingerprint density at radius 1 is 1.43 bits per heavy atom. The van der Waals surface area contributed by atoms with E-state index in [9.17, 15) is 9.59 Å². The molecular formula is C10H20N2O2. The van der Waals surface area contributed by atoms with E-state index in [1.165, 1.54) is 6.92 Å². The van der Waals surface area contributed by atoms with Gasteiger partial charge in [0.1, 0.15) is 6.29 Å². The van der Waals surface area contributed by atoms with Gasteiger partial charge in [0.2, 0.25) is 5.91 Å². The lowest BCUT2D eigenvalue weighted by molar-refractivity contribution is -0.119. The summed E-state index contributed by atoms with van der Waals surface area (Å²) in [6, 6.07) is 0.00679. The van der Waals surface area contributed by atoms with Crippen molar-refractivity contribution in [2.24, 2.45) is 0 Å². The van der Waals surface area contributed by atoms with Crippen molar-refractivity contribution in [3.05, 3.63) is 0 Å². The highest BCUT2D eigenvalue weighted by Gasteiger charge is 2.08. The Morgan fingerprint density at radius 2 is 2.07 bits per heavy atom. The van der Waals surface area contributed by atoms with Crippen molar-refractivity contribution in [1.82, 2.24) is 10.2 Å². The minimum Gasteiger partial charge on any atom is -0.356 e. The molecule has 0 radical (unpaired) electrons. The van der Waals surface area contributed by atoms with Crippen molar-refractivity contribution >= 4 is 12.2 Å². The smallest absolute Gasteiger partial charge is 0.216 e. The van der Waals surface area contributed by atoms with Crippen LogP contribution in [0.15, 0.2) is 0 Å². The summed E-state index contributed by atoms with van der Waals surface area (Å²) >= 11 is 0. The lowest BCUT2D eigenvalue weighted by Gasteiger charge is -2.17. The summed E-state index contributed by atoms with van der Waals surface area (Å²) in [5.74, 6) is 0.00421. The van der Waals surface area contributed by atoms with E-state index < -0.39 is 0 Å². The van der Waals surface area contributed by atoms with Crippen LogP contribution in [0.1, 0.15) is 26.2 Å². The van der Waals surface area contributed by atoms with Gasteiger partial charge in [-0.3, -0.25) is 4.79 Å². The van der Waals surface area contributed by atoms with Crippen molar-refractivity contribution in [1.29, 1.82) is 0 Å². The summed E-state index contributed by atoms with van der Waals surface area (Å²) in [7, 11) is 3.79. The standard InChI is InChI=1S/C10H20N2O2/c1-9(14)11-7-5-4-6-10(8-13)12(2)3/h8,10H,4-7H2,1-3H3,(H,11,14)/i1+1,9+1. The van der Waals surface area contributed by atoms with Gasteiger partial charge < -0.3 is 15.0 Å². The second kappa shape index (κ2) is 7.50. The highest BCUT2D eigenvalue weighted by Crippen LogP contribution is 2.02. The number of hydrogen-bond donors (Lipinski definition) is 1. The fraction of sp³-hybridized carbons (Fsp3) is 0.800. The molecule has 1 amide bonds. The molecule has 0 fully saturated rings. The third-order valence-electron chi connectivity index (χ3n) is 2.12. The van der Waals surface area contributed by atoms with E-state index in [-0.39, 0.29) is 11.9 Å². The summed E-state index contributed by atoms with van der Waals surface area (Å²) in [6.45, 7) is 2.21. The van der Waals surface area contributed by atoms with Gasteiger partial charge in [-0.25, -0.2) is 0 Å². The maximum atomic E-state index is 10.6. The summed E-state index contributed by atoms with van der Waals surface area (Å²) in [6.07, 6.45) is 3.72. The molecule has 14 heavy (non-hydrogen) atoms. The fourth-order valence-electron chi connectivity index (χ4n) is 1.19. The molecular weight excluding hydrogens is 182 g/mol. The molecule has 0 spiro atoms. The van der Waals surface area contributed by atoms with Crippen LogP contribution in [0.3, 0.4) is 0 Å². The van der Waals surface area contributed by atoms with Crippen molar-refractivity contribution in [3.8, 4) is 0 Å². The first-order chi connectivity index (χ1) is 6.57. The third-order valence-corrected chi connectivity index (χ3v) is 2.12. The van der Waals surface area contributed by atoms with Gasteiger partial charge in [0.25, 0.3) is 0 Å². The molecule has 0 heterocycles. The molecule has 1 unspecified atom stereocenters. The molecule has 0 aliphatic carbocycles. The Labute approximate surface area is 85.7 Å². The average Bonchev–Trinajstić information content (AvgIpc) is 2.10. The Bertz CT molecular complexity index is 181. The Kier molecular flexibility index (Phi) is 7.02. The van der Waals surface area contributed by atoms with Gasteiger partial charge in [0, 0.05) is 13.5 Å². The van der Waals surface area contributed by atoms with Crippen molar-refractivity contribution in [3.63, 3.8) is 0 Å². The highest BCUT2D eigenvalue weighted by atomic mass is 16.2. The minimum absolute atomic E-state index is 0.00421. The van der Waals surface area contributed by atoms with Crippen LogP contribution in [0.4, 0.5) is 0 Å². The van der Waals surface area contributed by atoms with E-state index in [1.807, 2.05) is 19.0 Å². The number of carbonyl (C=O) groups is 2. The summed E-state index contributed by atoms with van der Waals surface area (Å²) in [5, 5.41) is 2.73. The number of nitrogens with zero attached hydrogens (tertiary/aromatic N) is 1. The van der Waals surface area contributed by atoms with Crippen LogP contribution >= 0.6 is 0 Å². The number of carbonyl (C=O) groups excluding carboxylic acids is 2. The molecule has 0 aromatic heterocycles. The number of amides is 1. The van der Waals surface area contributed by atoms with Crippen molar-refractivity contribution < 1.29 is 9.59 Å². The molecule has 0 aromatic rings. The summed E-state index contributed by atoms with van der Waals surface area (Å²) in [4.78, 5) is 23.0. The van der Waals surface area contributed by atoms with Gasteiger partial charge >= 0.3 is 0 Å². The molecule has 1 atom stereocenters. The number of hydrogen-bond acceptors (Lipinski definition) is 3. The van der Waals surface area contributed by atoms with E-state index >= 15 is 0 Å². The molecule has 0 aliphatic heterocycles. The van der Waals surface area contributed by atoms with Crippen LogP contribution in [-0.2, 0) is 9.59 Å². The zero-order valence-electron chi connectivity index (χ0n) is 9.25. The Balaban J connectivity index is 3.42. The van der Waals surface area contributed by atoms with Crippen LogP contribution in [0.25, 0.3) is 0 Å². The number of aldehydes is 1. The van der Waals surface area contributed by atoms with Gasteiger partial charge in [-0.15, -0.1) is 0 Å². The predicted octanol–water partition coefficient (Wildman–Crippen LogP) is 0.422. The van der Waals surface area contributed by atoms with Crippen molar-refractivity contribution in [2.45, 2.75) is 32.2 Å².